The molecule has 2 aliphatic heterocycles. The zero-order valence-corrected chi connectivity index (χ0v) is 23.9. The summed E-state index contributed by atoms with van der Waals surface area (Å²) < 4.78 is 51.8. The van der Waals surface area contributed by atoms with Crippen LogP contribution in [0.5, 0.6) is 0 Å². The number of carbonyl (C=O) groups is 2. The quantitative estimate of drug-likeness (QED) is 0.291. The maximum absolute atomic E-state index is 15.2. The first-order chi connectivity index (χ1) is 20.0. The van der Waals surface area contributed by atoms with Crippen LogP contribution >= 0.6 is 11.3 Å². The molecular formula is C26H26FN5O8S2. The van der Waals surface area contributed by atoms with Gasteiger partial charge in [-0.05, 0) is 54.7 Å². The van der Waals surface area contributed by atoms with Crippen LogP contribution in [0, 0.1) is 22.9 Å². The lowest BCUT2D eigenvalue weighted by Crippen LogP contribution is -2.46. The summed E-state index contributed by atoms with van der Waals surface area (Å²) >= 11 is 1.10. The van der Waals surface area contributed by atoms with Gasteiger partial charge in [-0.3, -0.25) is 15.0 Å². The van der Waals surface area contributed by atoms with Gasteiger partial charge in [-0.2, -0.15) is 0 Å². The van der Waals surface area contributed by atoms with Crippen molar-refractivity contribution in [3.8, 4) is 0 Å². The van der Waals surface area contributed by atoms with Gasteiger partial charge in [0.2, 0.25) is 0 Å². The highest BCUT2D eigenvalue weighted by Crippen LogP contribution is 2.33. The lowest BCUT2D eigenvalue weighted by Gasteiger charge is -2.36. The van der Waals surface area contributed by atoms with Gasteiger partial charge in [-0.15, -0.1) is 0 Å². The number of amides is 2. The smallest absolute Gasteiger partial charge is 0.421 e. The van der Waals surface area contributed by atoms with Gasteiger partial charge in [-0.25, -0.2) is 27.1 Å². The van der Waals surface area contributed by atoms with Crippen LogP contribution in [0.15, 0.2) is 59.5 Å². The van der Waals surface area contributed by atoms with E-state index in [1.165, 1.54) is 29.2 Å². The van der Waals surface area contributed by atoms with Crippen LogP contribution in [0.1, 0.15) is 5.56 Å². The van der Waals surface area contributed by atoms with Gasteiger partial charge in [0.15, 0.2) is 6.10 Å². The molecule has 1 atom stereocenters. The van der Waals surface area contributed by atoms with Gasteiger partial charge in [0.05, 0.1) is 32.7 Å². The van der Waals surface area contributed by atoms with Crippen molar-refractivity contribution in [1.82, 2.24) is 4.72 Å². The Hall–Kier alpha value is -4.44. The molecule has 0 aliphatic carbocycles. The number of nitrogens with one attached hydrogen (secondary N) is 1. The molecule has 1 N–H and O–H groups in total. The average molecular weight is 620 g/mol. The molecule has 5 rings (SSSR count). The normalized spacial score (nSPS) is 17.2. The van der Waals surface area contributed by atoms with E-state index in [9.17, 15) is 28.1 Å². The first kappa shape index (κ1) is 29.1. The minimum Gasteiger partial charge on any atom is -0.445 e. The molecule has 0 saturated carbocycles. The van der Waals surface area contributed by atoms with E-state index >= 15 is 4.39 Å². The van der Waals surface area contributed by atoms with Crippen LogP contribution < -0.4 is 19.4 Å². The fourth-order valence-corrected chi connectivity index (χ4v) is 6.34. The van der Waals surface area contributed by atoms with E-state index in [-0.39, 0.29) is 22.1 Å². The number of nitro groups is 1. The van der Waals surface area contributed by atoms with Crippen molar-refractivity contribution in [2.24, 2.45) is 0 Å². The summed E-state index contributed by atoms with van der Waals surface area (Å²) in [6.45, 7) is 3.44. The number of hydrogen-bond donors (Lipinski definition) is 1. The van der Waals surface area contributed by atoms with Crippen LogP contribution in [0.3, 0.4) is 0 Å². The maximum Gasteiger partial charge on any atom is 0.421 e. The Bertz CT molecular complexity index is 1610. The Kier molecular flexibility index (Phi) is 8.17. The Balaban J connectivity index is 1.13. The second-order valence-electron chi connectivity index (χ2n) is 9.61. The van der Waals surface area contributed by atoms with Crippen LogP contribution in [0.25, 0.3) is 0 Å². The van der Waals surface area contributed by atoms with Crippen molar-refractivity contribution in [3.63, 3.8) is 0 Å². The molecule has 1 aromatic heterocycles. The van der Waals surface area contributed by atoms with Gasteiger partial charge in [-0.1, -0.05) is 17.7 Å². The molecule has 2 fully saturated rings. The number of thiophene rings is 1. The van der Waals surface area contributed by atoms with Crippen LogP contribution in [0.4, 0.5) is 35.4 Å². The molecule has 0 unspecified atom stereocenters. The van der Waals surface area contributed by atoms with E-state index in [4.69, 9.17) is 9.47 Å². The predicted molar refractivity (Wildman–Crippen MR) is 152 cm³/mol. The maximum atomic E-state index is 15.2. The molecule has 0 radical (unpaired) electrons. The van der Waals surface area contributed by atoms with E-state index in [2.05, 4.69) is 0 Å². The number of halogens is 1. The second kappa shape index (κ2) is 11.8. The van der Waals surface area contributed by atoms with Gasteiger partial charge < -0.3 is 19.3 Å². The predicted octanol–water partition coefficient (Wildman–Crippen LogP) is 3.87. The highest BCUT2D eigenvalue weighted by molar-refractivity contribution is 7.90. The first-order valence-electron chi connectivity index (χ1n) is 12.8. The molecule has 16 heteroatoms. The number of hydrogen-bond acceptors (Lipinski definition) is 11. The third-order valence-corrected chi connectivity index (χ3v) is 9.18. The number of benzene rings is 2. The number of piperazine rings is 1. The van der Waals surface area contributed by atoms with Crippen molar-refractivity contribution in [3.05, 3.63) is 76.1 Å². The van der Waals surface area contributed by atoms with E-state index in [1.807, 2.05) is 9.80 Å². The molecular weight excluding hydrogens is 593 g/mol. The highest BCUT2D eigenvalue weighted by atomic mass is 32.2. The van der Waals surface area contributed by atoms with Crippen LogP contribution in [-0.2, 0) is 19.5 Å². The van der Waals surface area contributed by atoms with Gasteiger partial charge in [0.1, 0.15) is 12.4 Å². The van der Waals surface area contributed by atoms with E-state index in [0.717, 1.165) is 21.9 Å². The summed E-state index contributed by atoms with van der Waals surface area (Å²) in [4.78, 5) is 40.1. The molecule has 42 heavy (non-hydrogen) atoms. The molecule has 13 nitrogen and oxygen atoms in total. The minimum absolute atomic E-state index is 0.0404. The molecule has 2 aliphatic rings. The van der Waals surface area contributed by atoms with E-state index < -0.39 is 45.7 Å². The summed E-state index contributed by atoms with van der Waals surface area (Å²) in [5, 5.41) is 11.8. The third-order valence-electron chi connectivity index (χ3n) is 6.76. The number of carbonyl (C=O) groups excluding carboxylic acids is 2. The fraction of sp³-hybridized carbons (Fsp3) is 0.308. The first-order valence-corrected chi connectivity index (χ1v) is 15.1. The summed E-state index contributed by atoms with van der Waals surface area (Å²) in [6, 6.07) is 13.4. The highest BCUT2D eigenvalue weighted by Gasteiger charge is 2.34. The zero-order valence-electron chi connectivity index (χ0n) is 22.3. The number of aryl methyl sites for hydroxylation is 1. The number of rotatable bonds is 8. The Morgan fingerprint density at radius 1 is 1.12 bits per heavy atom. The summed E-state index contributed by atoms with van der Waals surface area (Å²) in [7, 11) is -4.14. The lowest BCUT2D eigenvalue weighted by molar-refractivity contribution is -0.380. The second-order valence-corrected chi connectivity index (χ2v) is 12.3. The fourth-order valence-electron chi connectivity index (χ4n) is 4.58. The van der Waals surface area contributed by atoms with Crippen LogP contribution in [-0.4, -0.2) is 71.0 Å². The van der Waals surface area contributed by atoms with Crippen molar-refractivity contribution in [2.75, 3.05) is 54.0 Å². The van der Waals surface area contributed by atoms with Crippen molar-refractivity contribution in [1.29, 1.82) is 0 Å². The number of nitrogens with zero attached hydrogens (tertiary/aromatic N) is 4. The molecule has 3 aromatic rings. The number of cyclic esters (lactones) is 1. The standard InChI is InChI=1S/C26H26FN5O8S2/c1-17-2-5-20(6-3-17)42(37,38)28-25(33)39-16-19-15-31(26(34)40-19)18-4-7-22(21(27)14-18)29-10-12-30(13-11-29)23-8-9-24(41-23)32(35)36/h2-9,14,19H,10-13,15-16H2,1H3,(H,28,33)/t19-/m1/s1. The lowest BCUT2D eigenvalue weighted by atomic mass is 10.2. The van der Waals surface area contributed by atoms with E-state index in [0.29, 0.717) is 31.9 Å². The molecule has 2 aromatic carbocycles. The summed E-state index contributed by atoms with van der Waals surface area (Å²) in [5.74, 6) is -0.541. The SMILES string of the molecule is Cc1ccc(S(=O)(=O)NC(=O)OC[C@H]2CN(c3ccc(N4CCN(c5ccc([N+](=O)[O-])s5)CC4)c(F)c3)C(=O)O2)cc1. The van der Waals surface area contributed by atoms with Crippen molar-refractivity contribution < 1.29 is 36.8 Å². The summed E-state index contributed by atoms with van der Waals surface area (Å²) in [5.41, 5.74) is 1.46. The number of anilines is 3. The molecule has 0 spiro atoms. The van der Waals surface area contributed by atoms with Gasteiger partial charge >= 0.3 is 17.2 Å². The minimum atomic E-state index is -4.14. The number of ether oxygens (including phenoxy) is 2. The van der Waals surface area contributed by atoms with E-state index in [1.54, 1.807) is 42.0 Å². The Labute approximate surface area is 244 Å². The monoisotopic (exact) mass is 619 g/mol. The third kappa shape index (κ3) is 6.38. The molecule has 2 saturated heterocycles. The van der Waals surface area contributed by atoms with Gasteiger partial charge in [0.25, 0.3) is 10.0 Å². The molecule has 3 heterocycles. The van der Waals surface area contributed by atoms with Crippen molar-refractivity contribution in [2.45, 2.75) is 17.9 Å². The van der Waals surface area contributed by atoms with Crippen molar-refractivity contribution >= 4 is 54.9 Å². The topological polar surface area (TPSA) is 152 Å². The number of sulfonamides is 1. The van der Waals surface area contributed by atoms with Gasteiger partial charge in [0, 0.05) is 32.2 Å². The Morgan fingerprint density at radius 2 is 1.81 bits per heavy atom. The van der Waals surface area contributed by atoms with Crippen LogP contribution in [0.2, 0.25) is 0 Å². The average Bonchev–Trinajstić information content (AvgIpc) is 3.59. The molecule has 222 valence electrons. The zero-order chi connectivity index (χ0) is 30.0. The molecule has 0 bridgehead atoms. The largest absolute Gasteiger partial charge is 0.445 e. The Morgan fingerprint density at radius 3 is 2.45 bits per heavy atom. The molecule has 2 amide bonds. The summed E-state index contributed by atoms with van der Waals surface area (Å²) in [6.07, 6.45) is -2.88.